The van der Waals surface area contributed by atoms with Crippen molar-refractivity contribution in [1.82, 2.24) is 9.97 Å². The van der Waals surface area contributed by atoms with Crippen LogP contribution < -0.4 is 10.2 Å². The Morgan fingerprint density at radius 2 is 1.75 bits per heavy atom. The summed E-state index contributed by atoms with van der Waals surface area (Å²) in [6.45, 7) is 0.484. The van der Waals surface area contributed by atoms with Gasteiger partial charge in [0.25, 0.3) is 5.91 Å². The number of carbonyl (C=O) groups excluding carboxylic acids is 1. The van der Waals surface area contributed by atoms with Gasteiger partial charge in [0.15, 0.2) is 0 Å². The van der Waals surface area contributed by atoms with E-state index in [4.69, 9.17) is 16.7 Å². The molecule has 162 valence electrons. The van der Waals surface area contributed by atoms with E-state index in [2.05, 4.69) is 15.3 Å². The highest BCUT2D eigenvalue weighted by Crippen LogP contribution is 2.19. The average Bonchev–Trinajstić information content (AvgIpc) is 2.80. The Labute approximate surface area is 191 Å². The molecular formula is C25H23ClN4O2. The maximum Gasteiger partial charge on any atom is 0.255 e. The first-order valence-electron chi connectivity index (χ1n) is 10.3. The standard InChI is InChI=1S/C25H23ClN4O2/c1-30(12-13-31)24-16-22(26)28-23(29-24)14-17-6-10-21(11-7-17)27-25(32)20-9-8-18-4-2-3-5-19(18)15-20/h2-11,15-16,31H,12-14H2,1H3,(H,27,32). The zero-order valence-electron chi connectivity index (χ0n) is 17.6. The van der Waals surface area contributed by atoms with Gasteiger partial charge in [-0.25, -0.2) is 9.97 Å². The summed E-state index contributed by atoms with van der Waals surface area (Å²) in [5.74, 6) is 1.09. The molecule has 3 aromatic carbocycles. The van der Waals surface area contributed by atoms with Crippen LogP contribution in [0.5, 0.6) is 0 Å². The van der Waals surface area contributed by atoms with Crippen LogP contribution >= 0.6 is 11.6 Å². The Morgan fingerprint density at radius 1 is 1.00 bits per heavy atom. The Kier molecular flexibility index (Phi) is 6.63. The van der Waals surface area contributed by atoms with Crippen molar-refractivity contribution in [3.05, 3.63) is 94.9 Å². The number of hydrogen-bond acceptors (Lipinski definition) is 5. The van der Waals surface area contributed by atoms with Crippen molar-refractivity contribution in [2.24, 2.45) is 0 Å². The SMILES string of the molecule is CN(CCO)c1cc(Cl)nc(Cc2ccc(NC(=O)c3ccc4ccccc4c3)cc2)n1. The second-order valence-corrected chi connectivity index (χ2v) is 7.89. The van der Waals surface area contributed by atoms with E-state index in [1.807, 2.05) is 78.7 Å². The van der Waals surface area contributed by atoms with E-state index in [0.717, 1.165) is 16.3 Å². The van der Waals surface area contributed by atoms with Crippen LogP contribution in [0.25, 0.3) is 10.8 Å². The molecule has 1 aromatic heterocycles. The van der Waals surface area contributed by atoms with E-state index < -0.39 is 0 Å². The molecule has 0 unspecified atom stereocenters. The first kappa shape index (κ1) is 21.7. The number of aromatic nitrogens is 2. The molecule has 4 aromatic rings. The number of anilines is 2. The third-order valence-electron chi connectivity index (χ3n) is 5.14. The Morgan fingerprint density at radius 3 is 2.50 bits per heavy atom. The summed E-state index contributed by atoms with van der Waals surface area (Å²) < 4.78 is 0. The Balaban J connectivity index is 1.44. The van der Waals surface area contributed by atoms with Gasteiger partial charge < -0.3 is 15.3 Å². The molecule has 1 heterocycles. The number of benzene rings is 3. The second kappa shape index (κ2) is 9.77. The molecule has 0 bridgehead atoms. The van der Waals surface area contributed by atoms with Gasteiger partial charge in [-0.2, -0.15) is 0 Å². The van der Waals surface area contributed by atoms with E-state index in [1.165, 1.54) is 0 Å². The fraction of sp³-hybridized carbons (Fsp3) is 0.160. The monoisotopic (exact) mass is 446 g/mol. The van der Waals surface area contributed by atoms with E-state index >= 15 is 0 Å². The first-order chi connectivity index (χ1) is 15.5. The molecule has 0 aliphatic rings. The van der Waals surface area contributed by atoms with Crippen LogP contribution in [0.1, 0.15) is 21.7 Å². The number of halogens is 1. The minimum absolute atomic E-state index is 0.0276. The number of nitrogens with one attached hydrogen (secondary N) is 1. The number of aliphatic hydroxyl groups excluding tert-OH is 1. The summed E-state index contributed by atoms with van der Waals surface area (Å²) >= 11 is 6.15. The number of likely N-dealkylation sites (N-methyl/N-ethyl adjacent to an activating group) is 1. The molecule has 6 nitrogen and oxygen atoms in total. The summed E-state index contributed by atoms with van der Waals surface area (Å²) in [5, 5.41) is 14.6. The molecule has 0 saturated heterocycles. The van der Waals surface area contributed by atoms with Gasteiger partial charge in [0.2, 0.25) is 0 Å². The summed E-state index contributed by atoms with van der Waals surface area (Å²) in [7, 11) is 1.84. The van der Waals surface area contributed by atoms with Crippen molar-refractivity contribution in [3.63, 3.8) is 0 Å². The lowest BCUT2D eigenvalue weighted by Crippen LogP contribution is -2.22. The lowest BCUT2D eigenvalue weighted by atomic mass is 10.1. The van der Waals surface area contributed by atoms with E-state index in [1.54, 1.807) is 6.07 Å². The van der Waals surface area contributed by atoms with Crippen molar-refractivity contribution in [1.29, 1.82) is 0 Å². The largest absolute Gasteiger partial charge is 0.395 e. The average molecular weight is 447 g/mol. The number of amides is 1. The third kappa shape index (κ3) is 5.22. The van der Waals surface area contributed by atoms with Gasteiger partial charge in [0, 0.05) is 37.3 Å². The van der Waals surface area contributed by atoms with Crippen molar-refractivity contribution < 1.29 is 9.90 Å². The predicted molar refractivity (Wildman–Crippen MR) is 129 cm³/mol. The molecule has 0 aliphatic heterocycles. The molecule has 1 amide bonds. The fourth-order valence-electron chi connectivity index (χ4n) is 3.41. The van der Waals surface area contributed by atoms with Gasteiger partial charge in [0.1, 0.15) is 16.8 Å². The van der Waals surface area contributed by atoms with Crippen LogP contribution in [0.4, 0.5) is 11.5 Å². The molecule has 0 radical (unpaired) electrons. The molecule has 2 N–H and O–H groups in total. The predicted octanol–water partition coefficient (Wildman–Crippen LogP) is 4.55. The highest BCUT2D eigenvalue weighted by Gasteiger charge is 2.10. The molecule has 0 aliphatic carbocycles. The van der Waals surface area contributed by atoms with Crippen molar-refractivity contribution in [2.45, 2.75) is 6.42 Å². The topological polar surface area (TPSA) is 78.4 Å². The van der Waals surface area contributed by atoms with Crippen molar-refractivity contribution >= 4 is 39.8 Å². The third-order valence-corrected chi connectivity index (χ3v) is 5.33. The number of fused-ring (bicyclic) bond motifs is 1. The van der Waals surface area contributed by atoms with Crippen molar-refractivity contribution in [3.8, 4) is 0 Å². The zero-order chi connectivity index (χ0) is 22.5. The number of aliphatic hydroxyl groups is 1. The van der Waals surface area contributed by atoms with Crippen LogP contribution in [-0.2, 0) is 6.42 Å². The Bertz CT molecular complexity index is 1240. The maximum atomic E-state index is 12.7. The van der Waals surface area contributed by atoms with Crippen LogP contribution in [-0.4, -0.2) is 41.2 Å². The molecule has 0 spiro atoms. The second-order valence-electron chi connectivity index (χ2n) is 7.50. The lowest BCUT2D eigenvalue weighted by molar-refractivity contribution is 0.102. The molecule has 7 heteroatoms. The minimum Gasteiger partial charge on any atom is -0.395 e. The van der Waals surface area contributed by atoms with Gasteiger partial charge in [-0.05, 0) is 40.6 Å². The normalized spacial score (nSPS) is 10.8. The van der Waals surface area contributed by atoms with E-state index in [9.17, 15) is 4.79 Å². The Hall–Kier alpha value is -3.48. The summed E-state index contributed by atoms with van der Waals surface area (Å²) in [5.41, 5.74) is 2.31. The molecule has 0 fully saturated rings. The fourth-order valence-corrected chi connectivity index (χ4v) is 3.61. The maximum absolute atomic E-state index is 12.7. The number of carbonyl (C=O) groups is 1. The summed E-state index contributed by atoms with van der Waals surface area (Å²) in [6.07, 6.45) is 0.499. The summed E-state index contributed by atoms with van der Waals surface area (Å²) in [4.78, 5) is 23.3. The quantitative estimate of drug-likeness (QED) is 0.407. The zero-order valence-corrected chi connectivity index (χ0v) is 18.4. The highest BCUT2D eigenvalue weighted by atomic mass is 35.5. The molecular weight excluding hydrogens is 424 g/mol. The lowest BCUT2D eigenvalue weighted by Gasteiger charge is -2.17. The molecule has 0 saturated carbocycles. The van der Waals surface area contributed by atoms with E-state index in [-0.39, 0.29) is 12.5 Å². The number of hydrogen-bond donors (Lipinski definition) is 2. The van der Waals surface area contributed by atoms with Gasteiger partial charge in [-0.1, -0.05) is 54.1 Å². The van der Waals surface area contributed by atoms with Gasteiger partial charge >= 0.3 is 0 Å². The summed E-state index contributed by atoms with van der Waals surface area (Å²) in [6, 6.07) is 22.9. The minimum atomic E-state index is -0.154. The first-order valence-corrected chi connectivity index (χ1v) is 10.6. The molecule has 0 atom stereocenters. The van der Waals surface area contributed by atoms with Crippen LogP contribution in [0.3, 0.4) is 0 Å². The van der Waals surface area contributed by atoms with Crippen molar-refractivity contribution in [2.75, 3.05) is 30.4 Å². The van der Waals surface area contributed by atoms with Gasteiger partial charge in [0.05, 0.1) is 6.61 Å². The smallest absolute Gasteiger partial charge is 0.255 e. The van der Waals surface area contributed by atoms with Crippen LogP contribution in [0.15, 0.2) is 72.8 Å². The number of rotatable bonds is 7. The molecule has 4 rings (SSSR count). The van der Waals surface area contributed by atoms with Crippen LogP contribution in [0, 0.1) is 0 Å². The van der Waals surface area contributed by atoms with Gasteiger partial charge in [-0.3, -0.25) is 4.79 Å². The van der Waals surface area contributed by atoms with E-state index in [0.29, 0.717) is 41.0 Å². The van der Waals surface area contributed by atoms with Crippen LogP contribution in [0.2, 0.25) is 5.15 Å². The highest BCUT2D eigenvalue weighted by molar-refractivity contribution is 6.29. The number of nitrogens with zero attached hydrogens (tertiary/aromatic N) is 3. The van der Waals surface area contributed by atoms with Gasteiger partial charge in [-0.15, -0.1) is 0 Å². The molecule has 32 heavy (non-hydrogen) atoms.